The van der Waals surface area contributed by atoms with Crippen molar-refractivity contribution in [1.29, 1.82) is 0 Å². The number of rotatable bonds is 5. The summed E-state index contributed by atoms with van der Waals surface area (Å²) in [4.78, 5) is 14.1. The quantitative estimate of drug-likeness (QED) is 0.860. The second-order valence-electron chi connectivity index (χ2n) is 5.67. The van der Waals surface area contributed by atoms with E-state index >= 15 is 0 Å². The third-order valence-electron chi connectivity index (χ3n) is 4.12. The van der Waals surface area contributed by atoms with Gasteiger partial charge in [-0.3, -0.25) is 0 Å². The molecule has 0 radical (unpaired) electrons. The van der Waals surface area contributed by atoms with E-state index in [0.29, 0.717) is 31.2 Å². The van der Waals surface area contributed by atoms with Crippen molar-refractivity contribution in [3.63, 3.8) is 0 Å². The molecule has 0 unspecified atom stereocenters. The lowest BCUT2D eigenvalue weighted by atomic mass is 10.0. The second-order valence-corrected chi connectivity index (χ2v) is 5.67. The van der Waals surface area contributed by atoms with Crippen LogP contribution >= 0.6 is 0 Å². The minimum absolute atomic E-state index is 0.0480. The van der Waals surface area contributed by atoms with Gasteiger partial charge in [0.15, 0.2) is 11.5 Å². The number of hydrogen-bond donors (Lipinski definition) is 1. The molecule has 1 N–H and O–H groups in total. The molecule has 0 aromatic heterocycles. The number of benzene rings is 2. The largest absolute Gasteiger partial charge is 0.493 e. The van der Waals surface area contributed by atoms with Crippen LogP contribution in [0, 0.1) is 0 Å². The molecule has 0 saturated heterocycles. The third-order valence-corrected chi connectivity index (χ3v) is 4.12. The zero-order valence-electron chi connectivity index (χ0n) is 13.8. The van der Waals surface area contributed by atoms with Crippen LogP contribution in [0.5, 0.6) is 11.5 Å². The van der Waals surface area contributed by atoms with Crippen LogP contribution in [-0.2, 0) is 13.0 Å². The maximum atomic E-state index is 12.3. The van der Waals surface area contributed by atoms with Gasteiger partial charge in [0, 0.05) is 13.1 Å². The number of hydrogen-bond acceptors (Lipinski definition) is 3. The molecular formula is C19H22N2O3. The highest BCUT2D eigenvalue weighted by molar-refractivity contribution is 5.74. The first kappa shape index (κ1) is 16.2. The lowest BCUT2D eigenvalue weighted by Crippen LogP contribution is -2.43. The van der Waals surface area contributed by atoms with Gasteiger partial charge in [-0.1, -0.05) is 36.4 Å². The van der Waals surface area contributed by atoms with E-state index in [1.807, 2.05) is 41.3 Å². The maximum absolute atomic E-state index is 12.3. The van der Waals surface area contributed by atoms with Gasteiger partial charge in [0.25, 0.3) is 0 Å². The Kier molecular flexibility index (Phi) is 5.21. The Morgan fingerprint density at radius 1 is 1.08 bits per heavy atom. The molecule has 24 heavy (non-hydrogen) atoms. The first-order valence-corrected chi connectivity index (χ1v) is 8.13. The van der Waals surface area contributed by atoms with Gasteiger partial charge in [-0.15, -0.1) is 0 Å². The number of nitrogens with one attached hydrogen (secondary N) is 1. The molecule has 126 valence electrons. The Bertz CT molecular complexity index is 703. The molecule has 0 bridgehead atoms. The summed E-state index contributed by atoms with van der Waals surface area (Å²) in [6.45, 7) is 2.26. The van der Waals surface area contributed by atoms with Gasteiger partial charge >= 0.3 is 6.03 Å². The Labute approximate surface area is 142 Å². The molecular weight excluding hydrogens is 304 g/mol. The fraction of sp³-hybridized carbons (Fsp3) is 0.316. The summed E-state index contributed by atoms with van der Waals surface area (Å²) in [7, 11) is 1.61. The number of methoxy groups -OCH3 is 1. The van der Waals surface area contributed by atoms with Gasteiger partial charge in [-0.05, 0) is 29.7 Å². The van der Waals surface area contributed by atoms with Gasteiger partial charge in [0.05, 0.1) is 13.7 Å². The van der Waals surface area contributed by atoms with Crippen LogP contribution in [0.1, 0.15) is 11.1 Å². The van der Waals surface area contributed by atoms with Gasteiger partial charge in [0.2, 0.25) is 0 Å². The van der Waals surface area contributed by atoms with E-state index in [0.717, 1.165) is 13.0 Å². The number of amides is 2. The second kappa shape index (κ2) is 7.73. The molecule has 0 atom stereocenters. The number of fused-ring (bicyclic) bond motifs is 1. The molecule has 0 spiro atoms. The van der Waals surface area contributed by atoms with Gasteiger partial charge in [-0.2, -0.15) is 0 Å². The van der Waals surface area contributed by atoms with Crippen molar-refractivity contribution in [1.82, 2.24) is 10.2 Å². The lowest BCUT2D eigenvalue weighted by Gasteiger charge is -2.28. The van der Waals surface area contributed by atoms with Crippen molar-refractivity contribution in [2.24, 2.45) is 0 Å². The van der Waals surface area contributed by atoms with Crippen LogP contribution < -0.4 is 14.8 Å². The number of urea groups is 1. The molecule has 0 aliphatic carbocycles. The van der Waals surface area contributed by atoms with Gasteiger partial charge < -0.3 is 19.7 Å². The van der Waals surface area contributed by atoms with Crippen LogP contribution in [0.15, 0.2) is 48.5 Å². The normalized spacial score (nSPS) is 13.1. The van der Waals surface area contributed by atoms with Crippen LogP contribution in [0.2, 0.25) is 0 Å². The maximum Gasteiger partial charge on any atom is 0.317 e. The smallest absolute Gasteiger partial charge is 0.317 e. The van der Waals surface area contributed by atoms with E-state index in [1.54, 1.807) is 7.11 Å². The zero-order valence-corrected chi connectivity index (χ0v) is 13.8. The molecule has 2 amide bonds. The van der Waals surface area contributed by atoms with Crippen molar-refractivity contribution in [3.8, 4) is 11.5 Å². The number of carbonyl (C=O) groups is 1. The molecule has 1 aliphatic heterocycles. The highest BCUT2D eigenvalue weighted by atomic mass is 16.5. The molecule has 2 aromatic carbocycles. The van der Waals surface area contributed by atoms with Crippen LogP contribution in [0.25, 0.3) is 0 Å². The van der Waals surface area contributed by atoms with E-state index in [9.17, 15) is 4.79 Å². The molecule has 3 rings (SSSR count). The Hall–Kier alpha value is -2.69. The van der Waals surface area contributed by atoms with E-state index in [4.69, 9.17) is 9.47 Å². The summed E-state index contributed by atoms with van der Waals surface area (Å²) < 4.78 is 10.9. The van der Waals surface area contributed by atoms with E-state index < -0.39 is 0 Å². The van der Waals surface area contributed by atoms with Crippen molar-refractivity contribution in [2.45, 2.75) is 13.0 Å². The summed E-state index contributed by atoms with van der Waals surface area (Å²) in [5, 5.41) is 2.91. The summed E-state index contributed by atoms with van der Waals surface area (Å²) in [5.41, 5.74) is 2.56. The van der Waals surface area contributed by atoms with Crippen LogP contribution in [-0.4, -0.2) is 37.7 Å². The monoisotopic (exact) mass is 326 g/mol. The minimum atomic E-state index is -0.0480. The van der Waals surface area contributed by atoms with E-state index in [2.05, 4.69) is 17.4 Å². The summed E-state index contributed by atoms with van der Waals surface area (Å²) in [6.07, 6.45) is 0.904. The molecule has 0 saturated carbocycles. The SMILES string of the molecule is COc1ccccc1OCCNC(=O)N1CCc2ccccc2C1. The topological polar surface area (TPSA) is 50.8 Å². The molecule has 5 nitrogen and oxygen atoms in total. The van der Waals surface area contributed by atoms with E-state index in [-0.39, 0.29) is 6.03 Å². The van der Waals surface area contributed by atoms with Crippen molar-refractivity contribution in [2.75, 3.05) is 26.8 Å². The fourth-order valence-corrected chi connectivity index (χ4v) is 2.84. The first-order valence-electron chi connectivity index (χ1n) is 8.13. The summed E-state index contributed by atoms with van der Waals surface area (Å²) >= 11 is 0. The molecule has 2 aromatic rings. The number of nitrogens with zero attached hydrogens (tertiary/aromatic N) is 1. The Balaban J connectivity index is 1.45. The third kappa shape index (κ3) is 3.79. The molecule has 0 fully saturated rings. The Morgan fingerprint density at radius 3 is 2.58 bits per heavy atom. The van der Waals surface area contributed by atoms with Crippen molar-refractivity contribution >= 4 is 6.03 Å². The van der Waals surface area contributed by atoms with Crippen LogP contribution in [0.3, 0.4) is 0 Å². The zero-order chi connectivity index (χ0) is 16.8. The van der Waals surface area contributed by atoms with Gasteiger partial charge in [0.1, 0.15) is 6.61 Å². The Morgan fingerprint density at radius 2 is 1.79 bits per heavy atom. The molecule has 5 heteroatoms. The summed E-state index contributed by atoms with van der Waals surface area (Å²) in [5.74, 6) is 1.37. The number of ether oxygens (including phenoxy) is 2. The highest BCUT2D eigenvalue weighted by Crippen LogP contribution is 2.25. The van der Waals surface area contributed by atoms with Crippen molar-refractivity contribution in [3.05, 3.63) is 59.7 Å². The molecule has 1 heterocycles. The first-order chi connectivity index (χ1) is 11.8. The highest BCUT2D eigenvalue weighted by Gasteiger charge is 2.19. The summed E-state index contributed by atoms with van der Waals surface area (Å²) in [6, 6.07) is 15.7. The van der Waals surface area contributed by atoms with Gasteiger partial charge in [-0.25, -0.2) is 4.79 Å². The van der Waals surface area contributed by atoms with E-state index in [1.165, 1.54) is 11.1 Å². The minimum Gasteiger partial charge on any atom is -0.493 e. The number of para-hydroxylation sites is 2. The number of carbonyl (C=O) groups excluding carboxylic acids is 1. The molecule has 1 aliphatic rings. The average molecular weight is 326 g/mol. The predicted molar refractivity (Wildman–Crippen MR) is 92.4 cm³/mol. The standard InChI is InChI=1S/C19H22N2O3/c1-23-17-8-4-5-9-18(17)24-13-11-20-19(22)21-12-10-15-6-2-3-7-16(15)14-21/h2-9H,10-14H2,1H3,(H,20,22). The lowest BCUT2D eigenvalue weighted by molar-refractivity contribution is 0.189. The van der Waals surface area contributed by atoms with Crippen LogP contribution in [0.4, 0.5) is 4.79 Å². The van der Waals surface area contributed by atoms with Crippen molar-refractivity contribution < 1.29 is 14.3 Å². The average Bonchev–Trinajstić information content (AvgIpc) is 2.65. The fourth-order valence-electron chi connectivity index (χ4n) is 2.84. The predicted octanol–water partition coefficient (Wildman–Crippen LogP) is 2.84.